The average molecular weight is 288 g/mol. The Balaban J connectivity index is 2.15. The first-order chi connectivity index (χ1) is 9.59. The molecule has 0 spiro atoms. The topological polar surface area (TPSA) is 24.9 Å². The lowest BCUT2D eigenvalue weighted by molar-refractivity contribution is 0.367. The van der Waals surface area contributed by atoms with E-state index in [1.807, 2.05) is 18.4 Å². The van der Waals surface area contributed by atoms with Gasteiger partial charge in [-0.1, -0.05) is 37.3 Å². The molecular weight excluding hydrogens is 264 g/mol. The number of hydrogen-bond acceptors (Lipinski definition) is 3. The number of aryl methyl sites for hydroxylation is 3. The van der Waals surface area contributed by atoms with Gasteiger partial charge in [-0.2, -0.15) is 0 Å². The van der Waals surface area contributed by atoms with Crippen LogP contribution in [0.2, 0.25) is 0 Å². The van der Waals surface area contributed by atoms with Crippen molar-refractivity contribution >= 4 is 11.3 Å². The highest BCUT2D eigenvalue weighted by molar-refractivity contribution is 7.11. The largest absolute Gasteiger partial charge is 0.309 e. The second-order valence-electron chi connectivity index (χ2n) is 5.44. The van der Waals surface area contributed by atoms with Gasteiger partial charge in [0.15, 0.2) is 0 Å². The minimum atomic E-state index is -0.0430. The number of rotatable bonds is 6. The molecule has 0 amide bonds. The van der Waals surface area contributed by atoms with Gasteiger partial charge in [-0.25, -0.2) is 4.98 Å². The molecule has 3 heteroatoms. The highest BCUT2D eigenvalue weighted by atomic mass is 32.1. The van der Waals surface area contributed by atoms with Crippen LogP contribution in [0, 0.1) is 6.92 Å². The average Bonchev–Trinajstić information content (AvgIpc) is 2.87. The van der Waals surface area contributed by atoms with E-state index in [9.17, 15) is 0 Å². The molecule has 2 nitrogen and oxygen atoms in total. The first-order valence-corrected chi connectivity index (χ1v) is 8.10. The number of hydrogen-bond donors (Lipinski definition) is 1. The highest BCUT2D eigenvalue weighted by Crippen LogP contribution is 2.31. The van der Waals surface area contributed by atoms with Gasteiger partial charge in [0.2, 0.25) is 0 Å². The third-order valence-electron chi connectivity index (χ3n) is 4.01. The predicted octanol–water partition coefficient (Wildman–Crippen LogP) is 4.08. The van der Waals surface area contributed by atoms with Gasteiger partial charge in [0, 0.05) is 4.88 Å². The third kappa shape index (κ3) is 3.28. The minimum Gasteiger partial charge on any atom is -0.309 e. The minimum absolute atomic E-state index is 0.0430. The molecule has 0 saturated carbocycles. The van der Waals surface area contributed by atoms with Crippen molar-refractivity contribution in [1.82, 2.24) is 10.3 Å². The van der Waals surface area contributed by atoms with Gasteiger partial charge in [-0.3, -0.25) is 0 Å². The molecule has 0 fully saturated rings. The Kier molecular flexibility index (Phi) is 4.95. The van der Waals surface area contributed by atoms with E-state index < -0.39 is 0 Å². The smallest absolute Gasteiger partial charge is 0.113 e. The second kappa shape index (κ2) is 6.51. The summed E-state index contributed by atoms with van der Waals surface area (Å²) in [4.78, 5) is 6.19. The zero-order valence-corrected chi connectivity index (χ0v) is 13.7. The van der Waals surface area contributed by atoms with Crippen LogP contribution >= 0.6 is 11.3 Å². The maximum absolute atomic E-state index is 4.84. The van der Waals surface area contributed by atoms with Crippen LogP contribution in [-0.2, 0) is 18.4 Å². The number of nitrogens with one attached hydrogen (secondary N) is 1. The molecule has 0 radical (unpaired) electrons. The SMILES string of the molecule is CCc1nc(C(C)(CCc2ccccc2)NC)sc1C. The monoisotopic (exact) mass is 288 g/mol. The van der Waals surface area contributed by atoms with E-state index in [1.165, 1.54) is 21.1 Å². The number of nitrogens with zero attached hydrogens (tertiary/aromatic N) is 1. The summed E-state index contributed by atoms with van der Waals surface area (Å²) in [5, 5.41) is 4.69. The summed E-state index contributed by atoms with van der Waals surface area (Å²) in [6.07, 6.45) is 3.14. The standard InChI is InChI=1S/C17H24N2S/c1-5-15-13(2)20-16(19-15)17(3,18-4)12-11-14-9-7-6-8-10-14/h6-10,18H,5,11-12H2,1-4H3. The molecule has 1 heterocycles. The van der Waals surface area contributed by atoms with Crippen LogP contribution in [0.5, 0.6) is 0 Å². The number of aromatic nitrogens is 1. The second-order valence-corrected chi connectivity index (χ2v) is 6.65. The summed E-state index contributed by atoms with van der Waals surface area (Å²) in [7, 11) is 2.04. The van der Waals surface area contributed by atoms with Crippen molar-refractivity contribution in [3.05, 3.63) is 51.5 Å². The van der Waals surface area contributed by atoms with Crippen molar-refractivity contribution in [3.8, 4) is 0 Å². The molecule has 1 aromatic heterocycles. The molecule has 1 aromatic carbocycles. The molecule has 2 aromatic rings. The number of benzene rings is 1. The number of thiazole rings is 1. The van der Waals surface area contributed by atoms with Crippen molar-refractivity contribution in [1.29, 1.82) is 0 Å². The molecule has 0 aliphatic heterocycles. The fourth-order valence-corrected chi connectivity index (χ4v) is 3.55. The van der Waals surface area contributed by atoms with Gasteiger partial charge in [-0.15, -0.1) is 11.3 Å². The van der Waals surface area contributed by atoms with E-state index in [-0.39, 0.29) is 5.54 Å². The van der Waals surface area contributed by atoms with Crippen molar-refractivity contribution in [2.24, 2.45) is 0 Å². The Morgan fingerprint density at radius 3 is 2.50 bits per heavy atom. The van der Waals surface area contributed by atoms with Crippen molar-refractivity contribution < 1.29 is 0 Å². The van der Waals surface area contributed by atoms with Gasteiger partial charge < -0.3 is 5.32 Å². The lowest BCUT2D eigenvalue weighted by Gasteiger charge is -2.27. The molecule has 108 valence electrons. The maximum atomic E-state index is 4.84. The van der Waals surface area contributed by atoms with E-state index >= 15 is 0 Å². The first-order valence-electron chi connectivity index (χ1n) is 7.28. The molecule has 1 atom stereocenters. The van der Waals surface area contributed by atoms with Crippen LogP contribution in [0.15, 0.2) is 30.3 Å². The lowest BCUT2D eigenvalue weighted by Crippen LogP contribution is -2.37. The zero-order chi connectivity index (χ0) is 14.6. The lowest BCUT2D eigenvalue weighted by atomic mass is 9.94. The van der Waals surface area contributed by atoms with Gasteiger partial charge in [0.05, 0.1) is 11.2 Å². The molecular formula is C17H24N2S. The Morgan fingerprint density at radius 2 is 1.95 bits per heavy atom. The Bertz CT molecular complexity index is 547. The third-order valence-corrected chi connectivity index (χ3v) is 5.28. The van der Waals surface area contributed by atoms with Crippen LogP contribution in [0.25, 0.3) is 0 Å². The normalized spacial score (nSPS) is 14.2. The van der Waals surface area contributed by atoms with Crippen LogP contribution in [-0.4, -0.2) is 12.0 Å². The fraction of sp³-hybridized carbons (Fsp3) is 0.471. The molecule has 0 aliphatic carbocycles. The van der Waals surface area contributed by atoms with Gasteiger partial charge in [0.1, 0.15) is 5.01 Å². The van der Waals surface area contributed by atoms with Crippen LogP contribution < -0.4 is 5.32 Å². The summed E-state index contributed by atoms with van der Waals surface area (Å²) in [5.74, 6) is 0. The van der Waals surface area contributed by atoms with Gasteiger partial charge in [0.25, 0.3) is 0 Å². The molecule has 20 heavy (non-hydrogen) atoms. The van der Waals surface area contributed by atoms with Gasteiger partial charge >= 0.3 is 0 Å². The van der Waals surface area contributed by atoms with Crippen LogP contribution in [0.3, 0.4) is 0 Å². The van der Waals surface area contributed by atoms with Gasteiger partial charge in [-0.05, 0) is 45.7 Å². The Hall–Kier alpha value is -1.19. The Morgan fingerprint density at radius 1 is 1.25 bits per heavy atom. The maximum Gasteiger partial charge on any atom is 0.113 e. The van der Waals surface area contributed by atoms with Crippen LogP contribution in [0.1, 0.15) is 41.4 Å². The fourth-order valence-electron chi connectivity index (χ4n) is 2.37. The summed E-state index contributed by atoms with van der Waals surface area (Å²) >= 11 is 1.83. The zero-order valence-electron chi connectivity index (χ0n) is 12.9. The van der Waals surface area contributed by atoms with Crippen molar-refractivity contribution in [2.45, 2.75) is 45.6 Å². The predicted molar refractivity (Wildman–Crippen MR) is 87.4 cm³/mol. The van der Waals surface area contributed by atoms with E-state index in [4.69, 9.17) is 4.98 Å². The quantitative estimate of drug-likeness (QED) is 0.866. The van der Waals surface area contributed by atoms with E-state index in [1.54, 1.807) is 0 Å². The Labute approximate surface area is 126 Å². The summed E-state index contributed by atoms with van der Waals surface area (Å²) < 4.78 is 0. The van der Waals surface area contributed by atoms with E-state index in [0.29, 0.717) is 0 Å². The van der Waals surface area contributed by atoms with Crippen molar-refractivity contribution in [3.63, 3.8) is 0 Å². The van der Waals surface area contributed by atoms with Crippen LogP contribution in [0.4, 0.5) is 0 Å². The molecule has 2 rings (SSSR count). The van der Waals surface area contributed by atoms with Crippen molar-refractivity contribution in [2.75, 3.05) is 7.05 Å². The molecule has 0 aliphatic rings. The van der Waals surface area contributed by atoms with E-state index in [0.717, 1.165) is 19.3 Å². The first kappa shape index (κ1) is 15.2. The molecule has 0 bridgehead atoms. The summed E-state index contributed by atoms with van der Waals surface area (Å²) in [6, 6.07) is 10.7. The van der Waals surface area contributed by atoms with E-state index in [2.05, 4.69) is 56.4 Å². The highest BCUT2D eigenvalue weighted by Gasteiger charge is 2.28. The summed E-state index contributed by atoms with van der Waals surface area (Å²) in [5.41, 5.74) is 2.59. The molecule has 0 saturated heterocycles. The summed E-state index contributed by atoms with van der Waals surface area (Å²) in [6.45, 7) is 6.60. The molecule has 1 unspecified atom stereocenters. The molecule has 1 N–H and O–H groups in total.